The fourth-order valence-electron chi connectivity index (χ4n) is 2.65. The molecular formula is C16H16BrNOS. The molecule has 0 fully saturated rings. The van der Waals surface area contributed by atoms with E-state index in [0.29, 0.717) is 0 Å². The number of carbonyl (C=O) groups is 1. The van der Waals surface area contributed by atoms with Crippen LogP contribution in [-0.4, -0.2) is 5.91 Å². The number of rotatable bonds is 2. The smallest absolute Gasteiger partial charge is 0.265 e. The van der Waals surface area contributed by atoms with Crippen molar-refractivity contribution < 1.29 is 4.79 Å². The summed E-state index contributed by atoms with van der Waals surface area (Å²) >= 11 is 5.18. The molecule has 2 aromatic rings. The summed E-state index contributed by atoms with van der Waals surface area (Å²) in [5, 5.41) is 3.01. The van der Waals surface area contributed by atoms with Crippen LogP contribution in [0.4, 0.5) is 5.69 Å². The summed E-state index contributed by atoms with van der Waals surface area (Å²) in [7, 11) is 0. The molecule has 1 aromatic carbocycles. The zero-order chi connectivity index (χ0) is 14.3. The maximum absolute atomic E-state index is 12.3. The van der Waals surface area contributed by atoms with Gasteiger partial charge in [0.15, 0.2) is 0 Å². The van der Waals surface area contributed by atoms with Crippen LogP contribution in [0.5, 0.6) is 0 Å². The molecule has 2 nitrogen and oxygen atoms in total. The number of carbonyl (C=O) groups excluding carboxylic acids is 1. The third-order valence-corrected chi connectivity index (χ3v) is 6.15. The molecule has 0 spiro atoms. The standard InChI is InChI=1S/C16H16BrNOS/c1-9-6-12(7-10(2)15(9)17)18-16(19)14-8-11-4-3-5-13(11)20-14/h6-8H,3-5H2,1-2H3,(H,18,19). The largest absolute Gasteiger partial charge is 0.321 e. The predicted molar refractivity (Wildman–Crippen MR) is 87.9 cm³/mol. The van der Waals surface area contributed by atoms with Crippen LogP contribution in [0, 0.1) is 13.8 Å². The lowest BCUT2D eigenvalue weighted by molar-refractivity contribution is 0.103. The van der Waals surface area contributed by atoms with E-state index in [-0.39, 0.29) is 5.91 Å². The summed E-state index contributed by atoms with van der Waals surface area (Å²) in [6.45, 7) is 4.07. The zero-order valence-electron chi connectivity index (χ0n) is 11.5. The molecule has 4 heteroatoms. The van der Waals surface area contributed by atoms with Crippen LogP contribution in [-0.2, 0) is 12.8 Å². The van der Waals surface area contributed by atoms with Gasteiger partial charge in [-0.3, -0.25) is 4.79 Å². The van der Waals surface area contributed by atoms with Gasteiger partial charge in [-0.2, -0.15) is 0 Å². The van der Waals surface area contributed by atoms with Gasteiger partial charge in [-0.1, -0.05) is 15.9 Å². The number of hydrogen-bond acceptors (Lipinski definition) is 2. The zero-order valence-corrected chi connectivity index (χ0v) is 14.0. The summed E-state index contributed by atoms with van der Waals surface area (Å²) < 4.78 is 1.10. The second kappa shape index (κ2) is 5.34. The Morgan fingerprint density at radius 1 is 1.20 bits per heavy atom. The van der Waals surface area contributed by atoms with E-state index in [4.69, 9.17) is 0 Å². The predicted octanol–water partition coefficient (Wildman–Crippen LogP) is 4.87. The average molecular weight is 350 g/mol. The van der Waals surface area contributed by atoms with Crippen molar-refractivity contribution in [3.05, 3.63) is 49.1 Å². The SMILES string of the molecule is Cc1cc(NC(=O)c2cc3c(s2)CCC3)cc(C)c1Br. The van der Waals surface area contributed by atoms with Gasteiger partial charge in [0.1, 0.15) is 0 Å². The van der Waals surface area contributed by atoms with Gasteiger partial charge in [0.25, 0.3) is 5.91 Å². The molecule has 0 radical (unpaired) electrons. The summed E-state index contributed by atoms with van der Waals surface area (Å²) in [5.41, 5.74) is 4.49. The van der Waals surface area contributed by atoms with Crippen LogP contribution in [0.2, 0.25) is 0 Å². The normalized spacial score (nSPS) is 13.3. The highest BCUT2D eigenvalue weighted by atomic mass is 79.9. The Hall–Kier alpha value is -1.13. The van der Waals surface area contributed by atoms with Gasteiger partial charge in [-0.05, 0) is 68.0 Å². The topological polar surface area (TPSA) is 29.1 Å². The molecule has 0 bridgehead atoms. The van der Waals surface area contributed by atoms with E-state index < -0.39 is 0 Å². The first-order valence-corrected chi connectivity index (χ1v) is 8.35. The Labute approximate surface area is 131 Å². The molecule has 1 N–H and O–H groups in total. The number of nitrogens with one attached hydrogen (secondary N) is 1. The van der Waals surface area contributed by atoms with E-state index >= 15 is 0 Å². The number of anilines is 1. The Morgan fingerprint density at radius 2 is 1.90 bits per heavy atom. The van der Waals surface area contributed by atoms with E-state index in [1.165, 1.54) is 16.9 Å². The fraction of sp³-hybridized carbons (Fsp3) is 0.312. The number of aryl methyl sites for hydroxylation is 4. The second-order valence-electron chi connectivity index (χ2n) is 5.29. The molecule has 1 heterocycles. The first-order valence-electron chi connectivity index (χ1n) is 6.74. The average Bonchev–Trinajstić information content (AvgIpc) is 2.96. The molecule has 1 amide bonds. The lowest BCUT2D eigenvalue weighted by Gasteiger charge is -2.09. The van der Waals surface area contributed by atoms with Gasteiger partial charge in [0.05, 0.1) is 4.88 Å². The van der Waals surface area contributed by atoms with Crippen LogP contribution < -0.4 is 5.32 Å². The molecule has 1 aliphatic rings. The number of halogens is 1. The van der Waals surface area contributed by atoms with Crippen molar-refractivity contribution in [1.82, 2.24) is 0 Å². The molecule has 0 atom stereocenters. The van der Waals surface area contributed by atoms with Gasteiger partial charge in [0, 0.05) is 15.0 Å². The van der Waals surface area contributed by atoms with Crippen molar-refractivity contribution in [3.63, 3.8) is 0 Å². The van der Waals surface area contributed by atoms with Crippen molar-refractivity contribution in [1.29, 1.82) is 0 Å². The Morgan fingerprint density at radius 3 is 2.55 bits per heavy atom. The minimum atomic E-state index is 0.00511. The quantitative estimate of drug-likeness (QED) is 0.823. The van der Waals surface area contributed by atoms with Crippen molar-refractivity contribution in [2.75, 3.05) is 5.32 Å². The van der Waals surface area contributed by atoms with Gasteiger partial charge >= 0.3 is 0 Å². The molecule has 3 rings (SSSR count). The van der Waals surface area contributed by atoms with Gasteiger partial charge in [0.2, 0.25) is 0 Å². The van der Waals surface area contributed by atoms with Crippen molar-refractivity contribution in [2.24, 2.45) is 0 Å². The van der Waals surface area contributed by atoms with Crippen molar-refractivity contribution in [2.45, 2.75) is 33.1 Å². The summed E-state index contributed by atoms with van der Waals surface area (Å²) in [6, 6.07) is 6.05. The van der Waals surface area contributed by atoms with E-state index in [2.05, 4.69) is 27.3 Å². The molecule has 0 unspecified atom stereocenters. The van der Waals surface area contributed by atoms with Gasteiger partial charge in [-0.15, -0.1) is 11.3 Å². The van der Waals surface area contributed by atoms with E-state index in [9.17, 15) is 4.79 Å². The summed E-state index contributed by atoms with van der Waals surface area (Å²) in [5.74, 6) is 0.00511. The Kier molecular flexibility index (Phi) is 3.69. The lowest BCUT2D eigenvalue weighted by Crippen LogP contribution is -2.10. The molecule has 20 heavy (non-hydrogen) atoms. The van der Waals surface area contributed by atoms with Gasteiger partial charge in [-0.25, -0.2) is 0 Å². The van der Waals surface area contributed by atoms with Crippen LogP contribution >= 0.6 is 27.3 Å². The Balaban J connectivity index is 1.82. The number of amides is 1. The molecule has 0 saturated carbocycles. The molecule has 1 aromatic heterocycles. The maximum Gasteiger partial charge on any atom is 0.265 e. The number of hydrogen-bond donors (Lipinski definition) is 1. The lowest BCUT2D eigenvalue weighted by atomic mass is 10.1. The first-order chi connectivity index (χ1) is 9.54. The van der Waals surface area contributed by atoms with Crippen molar-refractivity contribution >= 4 is 38.9 Å². The fourth-order valence-corrected chi connectivity index (χ4v) is 4.03. The molecular weight excluding hydrogens is 334 g/mol. The number of fused-ring (bicyclic) bond motifs is 1. The van der Waals surface area contributed by atoms with Crippen molar-refractivity contribution in [3.8, 4) is 0 Å². The van der Waals surface area contributed by atoms with Crippen LogP contribution in [0.1, 0.15) is 37.7 Å². The first kappa shape index (κ1) is 13.8. The molecule has 0 aliphatic heterocycles. The molecule has 0 saturated heterocycles. The van der Waals surface area contributed by atoms with Crippen LogP contribution in [0.3, 0.4) is 0 Å². The van der Waals surface area contributed by atoms with Crippen LogP contribution in [0.15, 0.2) is 22.7 Å². The van der Waals surface area contributed by atoms with Crippen LogP contribution in [0.25, 0.3) is 0 Å². The summed E-state index contributed by atoms with van der Waals surface area (Å²) in [4.78, 5) is 14.5. The van der Waals surface area contributed by atoms with E-state index in [1.807, 2.05) is 26.0 Å². The minimum absolute atomic E-state index is 0.00511. The minimum Gasteiger partial charge on any atom is -0.321 e. The monoisotopic (exact) mass is 349 g/mol. The third-order valence-electron chi connectivity index (χ3n) is 3.66. The number of thiophene rings is 1. The highest BCUT2D eigenvalue weighted by Gasteiger charge is 2.18. The van der Waals surface area contributed by atoms with Gasteiger partial charge < -0.3 is 5.32 Å². The highest BCUT2D eigenvalue weighted by molar-refractivity contribution is 9.10. The third kappa shape index (κ3) is 2.54. The van der Waals surface area contributed by atoms with E-state index in [0.717, 1.165) is 39.0 Å². The molecule has 1 aliphatic carbocycles. The number of benzene rings is 1. The Bertz CT molecular complexity index is 645. The maximum atomic E-state index is 12.3. The molecule has 104 valence electrons. The highest BCUT2D eigenvalue weighted by Crippen LogP contribution is 2.31. The summed E-state index contributed by atoms with van der Waals surface area (Å²) in [6.07, 6.45) is 3.48. The van der Waals surface area contributed by atoms with E-state index in [1.54, 1.807) is 11.3 Å². The second-order valence-corrected chi connectivity index (χ2v) is 7.22.